The Labute approximate surface area is 144 Å². The molecule has 128 valence electrons. The zero-order valence-corrected chi connectivity index (χ0v) is 13.5. The summed E-state index contributed by atoms with van der Waals surface area (Å²) in [6.45, 7) is 0.365. The quantitative estimate of drug-likeness (QED) is 0.689. The minimum Gasteiger partial charge on any atom is -0.352 e. The summed E-state index contributed by atoms with van der Waals surface area (Å²) >= 11 is 0. The van der Waals surface area contributed by atoms with E-state index in [0.29, 0.717) is 12.1 Å². The second-order valence-electron chi connectivity index (χ2n) is 5.82. The van der Waals surface area contributed by atoms with Crippen LogP contribution < -0.4 is 16.0 Å². The van der Waals surface area contributed by atoms with Crippen molar-refractivity contribution in [2.24, 2.45) is 0 Å². The molecule has 7 heteroatoms. The van der Waals surface area contributed by atoms with Crippen molar-refractivity contribution in [2.45, 2.75) is 24.9 Å². The Kier molecular flexibility index (Phi) is 4.74. The largest absolute Gasteiger partial charge is 0.352 e. The average molecular weight is 338 g/mol. The first-order chi connectivity index (χ1) is 12.1. The molecule has 2 aromatic rings. The molecule has 0 saturated carbocycles. The molecule has 1 fully saturated rings. The molecule has 4 amide bonds. The molecule has 2 heterocycles. The summed E-state index contributed by atoms with van der Waals surface area (Å²) in [5, 5.41) is 7.73. The Morgan fingerprint density at radius 1 is 1.12 bits per heavy atom. The molecule has 1 unspecified atom stereocenters. The molecule has 7 nitrogen and oxygen atoms in total. The van der Waals surface area contributed by atoms with Crippen LogP contribution >= 0.6 is 0 Å². The fourth-order valence-corrected chi connectivity index (χ4v) is 2.83. The fourth-order valence-electron chi connectivity index (χ4n) is 2.83. The standard InChI is InChI=1S/C18H18N4O3/c23-15(20-12-13-5-4-10-19-11-13)8-9-18(14-6-2-1-3-7-14)16(24)21-17(25)22-18/h1-7,10-11H,8-9,12H2,(H,20,23)(H2,21,22,24,25). The van der Waals surface area contributed by atoms with Gasteiger partial charge in [0.25, 0.3) is 5.91 Å². The molecular weight excluding hydrogens is 320 g/mol. The summed E-state index contributed by atoms with van der Waals surface area (Å²) in [6, 6.07) is 12.0. The van der Waals surface area contributed by atoms with Crippen LogP contribution in [0.4, 0.5) is 4.79 Å². The van der Waals surface area contributed by atoms with Crippen LogP contribution in [0.5, 0.6) is 0 Å². The first-order valence-electron chi connectivity index (χ1n) is 7.95. The van der Waals surface area contributed by atoms with E-state index in [1.165, 1.54) is 0 Å². The molecule has 1 aliphatic heterocycles. The van der Waals surface area contributed by atoms with Gasteiger partial charge in [0.1, 0.15) is 5.54 Å². The number of imide groups is 1. The molecular formula is C18H18N4O3. The van der Waals surface area contributed by atoms with Crippen molar-refractivity contribution in [3.05, 3.63) is 66.0 Å². The summed E-state index contributed by atoms with van der Waals surface area (Å²) in [4.78, 5) is 40.2. The fraction of sp³-hybridized carbons (Fsp3) is 0.222. The number of carbonyl (C=O) groups excluding carboxylic acids is 3. The van der Waals surface area contributed by atoms with Crippen molar-refractivity contribution in [1.29, 1.82) is 0 Å². The number of nitrogens with one attached hydrogen (secondary N) is 3. The van der Waals surface area contributed by atoms with E-state index in [0.717, 1.165) is 5.56 Å². The monoisotopic (exact) mass is 338 g/mol. The highest BCUT2D eigenvalue weighted by Gasteiger charge is 2.47. The summed E-state index contributed by atoms with van der Waals surface area (Å²) in [5.41, 5.74) is 0.322. The Bertz CT molecular complexity index is 779. The van der Waals surface area contributed by atoms with Crippen LogP contribution in [-0.2, 0) is 21.7 Å². The van der Waals surface area contributed by atoms with Crippen LogP contribution in [-0.4, -0.2) is 22.8 Å². The van der Waals surface area contributed by atoms with Crippen LogP contribution in [0.3, 0.4) is 0 Å². The zero-order chi connectivity index (χ0) is 17.7. The van der Waals surface area contributed by atoms with E-state index < -0.39 is 17.5 Å². The maximum absolute atomic E-state index is 12.4. The highest BCUT2D eigenvalue weighted by atomic mass is 16.2. The molecule has 1 saturated heterocycles. The van der Waals surface area contributed by atoms with Gasteiger partial charge < -0.3 is 10.6 Å². The summed E-state index contributed by atoms with van der Waals surface area (Å²) in [7, 11) is 0. The van der Waals surface area contributed by atoms with Gasteiger partial charge in [-0.25, -0.2) is 4.79 Å². The van der Waals surface area contributed by atoms with E-state index in [9.17, 15) is 14.4 Å². The van der Waals surface area contributed by atoms with Gasteiger partial charge in [0.2, 0.25) is 5.91 Å². The number of pyridine rings is 1. The van der Waals surface area contributed by atoms with Gasteiger partial charge in [-0.1, -0.05) is 36.4 Å². The third kappa shape index (κ3) is 3.65. The Morgan fingerprint density at radius 3 is 2.56 bits per heavy atom. The number of carbonyl (C=O) groups is 3. The van der Waals surface area contributed by atoms with Crippen molar-refractivity contribution in [2.75, 3.05) is 0 Å². The highest BCUT2D eigenvalue weighted by molar-refractivity contribution is 6.07. The number of rotatable bonds is 6. The molecule has 1 atom stereocenters. The molecule has 0 spiro atoms. The lowest BCUT2D eigenvalue weighted by molar-refractivity contribution is -0.125. The maximum Gasteiger partial charge on any atom is 0.322 e. The molecule has 3 N–H and O–H groups in total. The smallest absolute Gasteiger partial charge is 0.322 e. The minimum atomic E-state index is -1.22. The lowest BCUT2D eigenvalue weighted by atomic mass is 9.85. The number of benzene rings is 1. The third-order valence-electron chi connectivity index (χ3n) is 4.15. The number of hydrogen-bond acceptors (Lipinski definition) is 4. The summed E-state index contributed by atoms with van der Waals surface area (Å²) < 4.78 is 0. The minimum absolute atomic E-state index is 0.100. The van der Waals surface area contributed by atoms with E-state index in [1.54, 1.807) is 42.7 Å². The Balaban J connectivity index is 1.66. The number of amides is 4. The summed E-state index contributed by atoms with van der Waals surface area (Å²) in [6.07, 6.45) is 3.61. The van der Waals surface area contributed by atoms with E-state index >= 15 is 0 Å². The van der Waals surface area contributed by atoms with Gasteiger partial charge in [-0.05, 0) is 23.6 Å². The normalized spacial score (nSPS) is 19.2. The number of nitrogens with zero attached hydrogens (tertiary/aromatic N) is 1. The highest BCUT2D eigenvalue weighted by Crippen LogP contribution is 2.29. The SMILES string of the molecule is O=C(CCC1(c2ccccc2)NC(=O)NC1=O)NCc1cccnc1. The predicted octanol–water partition coefficient (Wildman–Crippen LogP) is 1.21. The molecule has 0 aliphatic carbocycles. The van der Waals surface area contributed by atoms with Gasteiger partial charge in [-0.15, -0.1) is 0 Å². The van der Waals surface area contributed by atoms with Gasteiger partial charge in [0, 0.05) is 25.4 Å². The zero-order valence-electron chi connectivity index (χ0n) is 13.5. The van der Waals surface area contributed by atoms with Gasteiger partial charge in [-0.3, -0.25) is 19.9 Å². The van der Waals surface area contributed by atoms with Crippen LogP contribution in [0, 0.1) is 0 Å². The van der Waals surface area contributed by atoms with Crippen molar-refractivity contribution in [3.63, 3.8) is 0 Å². The first-order valence-corrected chi connectivity index (χ1v) is 7.95. The first kappa shape index (κ1) is 16.6. The van der Waals surface area contributed by atoms with Gasteiger partial charge in [0.05, 0.1) is 0 Å². The molecule has 1 aromatic carbocycles. The summed E-state index contributed by atoms with van der Waals surface area (Å²) in [5.74, 6) is -0.642. The van der Waals surface area contributed by atoms with Crippen LogP contribution in [0.2, 0.25) is 0 Å². The van der Waals surface area contributed by atoms with Crippen molar-refractivity contribution < 1.29 is 14.4 Å². The molecule has 0 bridgehead atoms. The maximum atomic E-state index is 12.4. The molecule has 1 aromatic heterocycles. The molecule has 1 aliphatic rings. The lowest BCUT2D eigenvalue weighted by Gasteiger charge is -2.26. The van der Waals surface area contributed by atoms with E-state index in [1.807, 2.05) is 12.1 Å². The van der Waals surface area contributed by atoms with Gasteiger partial charge in [-0.2, -0.15) is 0 Å². The second-order valence-corrected chi connectivity index (χ2v) is 5.82. The van der Waals surface area contributed by atoms with Crippen LogP contribution in [0.1, 0.15) is 24.0 Å². The molecule has 3 rings (SSSR count). The van der Waals surface area contributed by atoms with E-state index in [4.69, 9.17) is 0 Å². The van der Waals surface area contributed by atoms with Gasteiger partial charge >= 0.3 is 6.03 Å². The van der Waals surface area contributed by atoms with Gasteiger partial charge in [0.15, 0.2) is 0 Å². The predicted molar refractivity (Wildman–Crippen MR) is 90.1 cm³/mol. The number of hydrogen-bond donors (Lipinski definition) is 3. The molecule has 25 heavy (non-hydrogen) atoms. The Morgan fingerprint density at radius 2 is 1.92 bits per heavy atom. The van der Waals surface area contributed by atoms with E-state index in [-0.39, 0.29) is 18.7 Å². The van der Waals surface area contributed by atoms with E-state index in [2.05, 4.69) is 20.9 Å². The number of aromatic nitrogens is 1. The second kappa shape index (κ2) is 7.12. The number of urea groups is 1. The molecule has 0 radical (unpaired) electrons. The van der Waals surface area contributed by atoms with Crippen molar-refractivity contribution >= 4 is 17.8 Å². The lowest BCUT2D eigenvalue weighted by Crippen LogP contribution is -2.44. The van der Waals surface area contributed by atoms with Crippen LogP contribution in [0.15, 0.2) is 54.9 Å². The van der Waals surface area contributed by atoms with Crippen LogP contribution in [0.25, 0.3) is 0 Å². The third-order valence-corrected chi connectivity index (χ3v) is 4.15. The van der Waals surface area contributed by atoms with Crippen molar-refractivity contribution in [1.82, 2.24) is 20.9 Å². The average Bonchev–Trinajstić information content (AvgIpc) is 2.94. The van der Waals surface area contributed by atoms with Crippen molar-refractivity contribution in [3.8, 4) is 0 Å². The topological polar surface area (TPSA) is 100 Å². The Hall–Kier alpha value is -3.22.